The van der Waals surface area contributed by atoms with Gasteiger partial charge in [-0.25, -0.2) is 12.7 Å². The Bertz CT molecular complexity index is 720. The molecule has 2 fully saturated rings. The molecular weight excluding hydrogens is 324 g/mol. The predicted molar refractivity (Wildman–Crippen MR) is 94.8 cm³/mol. The minimum atomic E-state index is -3.12. The lowest BCUT2D eigenvalue weighted by Crippen LogP contribution is -2.43. The van der Waals surface area contributed by atoms with E-state index in [1.165, 1.54) is 10.6 Å². The molecule has 0 atom stereocenters. The number of rotatable bonds is 4. The van der Waals surface area contributed by atoms with Crippen molar-refractivity contribution in [1.29, 1.82) is 0 Å². The summed E-state index contributed by atoms with van der Waals surface area (Å²) in [6, 6.07) is 10.0. The zero-order chi connectivity index (χ0) is 17.2. The van der Waals surface area contributed by atoms with Crippen LogP contribution in [0.25, 0.3) is 6.08 Å². The van der Waals surface area contributed by atoms with Gasteiger partial charge in [-0.1, -0.05) is 42.5 Å². The average molecular weight is 348 g/mol. The lowest BCUT2D eigenvalue weighted by atomic mass is 9.78. The van der Waals surface area contributed by atoms with Crippen molar-refractivity contribution in [3.63, 3.8) is 0 Å². The first-order valence-corrected chi connectivity index (χ1v) is 10.2. The number of hydrogen-bond donors (Lipinski definition) is 0. The summed E-state index contributed by atoms with van der Waals surface area (Å²) in [7, 11) is -3.12. The van der Waals surface area contributed by atoms with E-state index in [0.717, 1.165) is 24.9 Å². The van der Waals surface area contributed by atoms with Crippen LogP contribution in [-0.2, 0) is 14.8 Å². The Hall–Kier alpha value is -1.66. The van der Waals surface area contributed by atoms with E-state index in [0.29, 0.717) is 26.1 Å². The largest absolute Gasteiger partial charge is 0.338 e. The van der Waals surface area contributed by atoms with Gasteiger partial charge >= 0.3 is 0 Å². The Balaban J connectivity index is 1.57. The van der Waals surface area contributed by atoms with E-state index in [1.807, 2.05) is 47.4 Å². The highest BCUT2D eigenvalue weighted by Gasteiger charge is 2.45. The molecule has 0 aliphatic carbocycles. The molecule has 6 heteroatoms. The number of piperidine rings is 1. The average Bonchev–Trinajstić information content (AvgIpc) is 2.83. The number of benzene rings is 1. The normalized spacial score (nSPS) is 21.9. The SMILES string of the molecule is CS(=O)(=O)N1CCC2(CC1)CC(=O)N(C/C=C/c1ccccc1)C2. The van der Waals surface area contributed by atoms with Gasteiger partial charge in [0.2, 0.25) is 15.9 Å². The molecule has 1 amide bonds. The van der Waals surface area contributed by atoms with Crippen LogP contribution in [0.2, 0.25) is 0 Å². The molecule has 0 saturated carbocycles. The van der Waals surface area contributed by atoms with Gasteiger partial charge in [-0.3, -0.25) is 4.79 Å². The van der Waals surface area contributed by atoms with Crippen molar-refractivity contribution in [2.45, 2.75) is 19.3 Å². The first-order valence-electron chi connectivity index (χ1n) is 8.33. The van der Waals surface area contributed by atoms with Gasteiger partial charge in [-0.05, 0) is 23.8 Å². The predicted octanol–water partition coefficient (Wildman–Crippen LogP) is 1.97. The third kappa shape index (κ3) is 3.87. The van der Waals surface area contributed by atoms with Gasteiger partial charge < -0.3 is 4.90 Å². The zero-order valence-electron chi connectivity index (χ0n) is 14.0. The second-order valence-electron chi connectivity index (χ2n) is 6.93. The number of hydrogen-bond acceptors (Lipinski definition) is 3. The Kier molecular flexibility index (Phi) is 4.78. The Morgan fingerprint density at radius 1 is 1.17 bits per heavy atom. The highest BCUT2D eigenvalue weighted by Crippen LogP contribution is 2.41. The molecule has 2 saturated heterocycles. The van der Waals surface area contributed by atoms with Crippen molar-refractivity contribution < 1.29 is 13.2 Å². The topological polar surface area (TPSA) is 57.7 Å². The third-order valence-electron chi connectivity index (χ3n) is 5.09. The van der Waals surface area contributed by atoms with E-state index in [1.54, 1.807) is 0 Å². The van der Waals surface area contributed by atoms with E-state index in [2.05, 4.69) is 0 Å². The fraction of sp³-hybridized carbons (Fsp3) is 0.500. The van der Waals surface area contributed by atoms with Crippen molar-refractivity contribution in [3.05, 3.63) is 42.0 Å². The molecule has 2 heterocycles. The molecule has 1 aromatic carbocycles. The first-order chi connectivity index (χ1) is 11.4. The molecule has 0 unspecified atom stereocenters. The third-order valence-corrected chi connectivity index (χ3v) is 6.40. The summed E-state index contributed by atoms with van der Waals surface area (Å²) >= 11 is 0. The Morgan fingerprint density at radius 3 is 2.46 bits per heavy atom. The molecule has 3 rings (SSSR count). The van der Waals surface area contributed by atoms with Gasteiger partial charge in [0.1, 0.15) is 0 Å². The van der Waals surface area contributed by atoms with Crippen molar-refractivity contribution in [3.8, 4) is 0 Å². The number of likely N-dealkylation sites (tertiary alicyclic amines) is 1. The van der Waals surface area contributed by atoms with E-state index in [9.17, 15) is 13.2 Å². The minimum Gasteiger partial charge on any atom is -0.338 e. The monoisotopic (exact) mass is 348 g/mol. The van der Waals surface area contributed by atoms with Crippen LogP contribution in [0.1, 0.15) is 24.8 Å². The number of carbonyl (C=O) groups is 1. The molecule has 130 valence electrons. The van der Waals surface area contributed by atoms with Crippen molar-refractivity contribution >= 4 is 22.0 Å². The zero-order valence-corrected chi connectivity index (χ0v) is 14.8. The molecule has 1 spiro atoms. The minimum absolute atomic E-state index is 0.0428. The van der Waals surface area contributed by atoms with Crippen molar-refractivity contribution in [2.75, 3.05) is 32.4 Å². The molecular formula is C18H24N2O3S. The number of amides is 1. The van der Waals surface area contributed by atoms with Gasteiger partial charge in [0.15, 0.2) is 0 Å². The molecule has 0 bridgehead atoms. The van der Waals surface area contributed by atoms with Gasteiger partial charge in [0.25, 0.3) is 0 Å². The smallest absolute Gasteiger partial charge is 0.223 e. The van der Waals surface area contributed by atoms with Crippen molar-refractivity contribution in [1.82, 2.24) is 9.21 Å². The Labute approximate surface area is 144 Å². The van der Waals surface area contributed by atoms with Crippen LogP contribution in [0.15, 0.2) is 36.4 Å². The van der Waals surface area contributed by atoms with Crippen molar-refractivity contribution in [2.24, 2.45) is 5.41 Å². The molecule has 1 aromatic rings. The van der Waals surface area contributed by atoms with Crippen LogP contribution in [-0.4, -0.2) is 56.0 Å². The summed E-state index contributed by atoms with van der Waals surface area (Å²) in [5, 5.41) is 0. The van der Waals surface area contributed by atoms with Gasteiger partial charge in [-0.2, -0.15) is 0 Å². The van der Waals surface area contributed by atoms with E-state index in [4.69, 9.17) is 0 Å². The fourth-order valence-electron chi connectivity index (χ4n) is 3.66. The molecule has 2 aliphatic rings. The summed E-state index contributed by atoms with van der Waals surface area (Å²) < 4.78 is 24.8. The second kappa shape index (κ2) is 6.69. The maximum absolute atomic E-state index is 12.3. The van der Waals surface area contributed by atoms with E-state index >= 15 is 0 Å². The maximum atomic E-state index is 12.3. The summed E-state index contributed by atoms with van der Waals surface area (Å²) in [4.78, 5) is 14.2. The molecule has 0 N–H and O–H groups in total. The second-order valence-corrected chi connectivity index (χ2v) is 8.91. The molecule has 2 aliphatic heterocycles. The summed E-state index contributed by atoms with van der Waals surface area (Å²) in [6.07, 6.45) is 7.40. The van der Waals surface area contributed by atoms with E-state index < -0.39 is 10.0 Å². The molecule has 0 radical (unpaired) electrons. The lowest BCUT2D eigenvalue weighted by Gasteiger charge is -2.37. The number of nitrogens with zero attached hydrogens (tertiary/aromatic N) is 2. The number of sulfonamides is 1. The summed E-state index contributed by atoms with van der Waals surface area (Å²) in [5.74, 6) is 0.181. The van der Waals surface area contributed by atoms with Gasteiger partial charge in [-0.15, -0.1) is 0 Å². The summed E-state index contributed by atoms with van der Waals surface area (Å²) in [5.41, 5.74) is 1.08. The van der Waals surface area contributed by atoms with E-state index in [-0.39, 0.29) is 11.3 Å². The summed E-state index contributed by atoms with van der Waals surface area (Å²) in [6.45, 7) is 2.41. The van der Waals surface area contributed by atoms with Gasteiger partial charge in [0.05, 0.1) is 6.26 Å². The van der Waals surface area contributed by atoms with Gasteiger partial charge in [0, 0.05) is 32.6 Å². The van der Waals surface area contributed by atoms with Crippen LogP contribution < -0.4 is 0 Å². The standard InChI is InChI=1S/C18H24N2O3S/c1-24(22,23)20-12-9-18(10-13-20)14-17(21)19(15-18)11-5-8-16-6-3-2-4-7-16/h2-8H,9-15H2,1H3/b8-5+. The van der Waals surface area contributed by atoms with Crippen LogP contribution in [0, 0.1) is 5.41 Å². The van der Waals surface area contributed by atoms with Crippen LogP contribution >= 0.6 is 0 Å². The van der Waals surface area contributed by atoms with Crippen LogP contribution in [0.5, 0.6) is 0 Å². The quantitative estimate of drug-likeness (QED) is 0.836. The first kappa shape index (κ1) is 17.2. The Morgan fingerprint density at radius 2 is 1.83 bits per heavy atom. The highest BCUT2D eigenvalue weighted by molar-refractivity contribution is 7.88. The van der Waals surface area contributed by atoms with Crippen LogP contribution in [0.3, 0.4) is 0 Å². The van der Waals surface area contributed by atoms with Crippen LogP contribution in [0.4, 0.5) is 0 Å². The maximum Gasteiger partial charge on any atom is 0.223 e. The molecule has 24 heavy (non-hydrogen) atoms. The fourth-order valence-corrected chi connectivity index (χ4v) is 4.50. The lowest BCUT2D eigenvalue weighted by molar-refractivity contribution is -0.127. The molecule has 0 aromatic heterocycles. The highest BCUT2D eigenvalue weighted by atomic mass is 32.2. The number of carbonyl (C=O) groups excluding carboxylic acids is 1. The molecule has 5 nitrogen and oxygen atoms in total.